The molecule has 2 aromatic rings. The molecular weight excluding hydrogens is 423 g/mol. The van der Waals surface area contributed by atoms with Gasteiger partial charge in [0.15, 0.2) is 0 Å². The molecule has 0 aliphatic carbocycles. The molecule has 1 heterocycles. The Morgan fingerprint density at radius 1 is 1.07 bits per heavy atom. The van der Waals surface area contributed by atoms with Crippen molar-refractivity contribution in [2.24, 2.45) is 0 Å². The zero-order valence-corrected chi connectivity index (χ0v) is 17.4. The van der Waals surface area contributed by atoms with Crippen LogP contribution in [-0.2, 0) is 26.1 Å². The van der Waals surface area contributed by atoms with Gasteiger partial charge in [0.25, 0.3) is 0 Å². The molecule has 0 spiro atoms. The Kier molecular flexibility index (Phi) is 6.95. The van der Waals surface area contributed by atoms with Crippen molar-refractivity contribution in [3.05, 3.63) is 64.1 Å². The van der Waals surface area contributed by atoms with Crippen molar-refractivity contribution in [2.45, 2.75) is 11.4 Å². The number of benzene rings is 2. The largest absolute Gasteiger partial charge is 0.378 e. The summed E-state index contributed by atoms with van der Waals surface area (Å²) in [7, 11) is -4.05. The van der Waals surface area contributed by atoms with E-state index < -0.39 is 10.0 Å². The van der Waals surface area contributed by atoms with Crippen molar-refractivity contribution in [3.8, 4) is 0 Å². The molecule has 1 fully saturated rings. The fourth-order valence-corrected chi connectivity index (χ4v) is 5.01. The van der Waals surface area contributed by atoms with Crippen LogP contribution in [0.25, 0.3) is 0 Å². The molecule has 0 unspecified atom stereocenters. The molecule has 1 aliphatic rings. The molecular formula is C19H20Cl2N2O4S. The monoisotopic (exact) mass is 442 g/mol. The maximum absolute atomic E-state index is 13.3. The lowest BCUT2D eigenvalue weighted by Gasteiger charge is -2.30. The van der Waals surface area contributed by atoms with Gasteiger partial charge < -0.3 is 9.64 Å². The van der Waals surface area contributed by atoms with E-state index in [1.54, 1.807) is 17.0 Å². The number of hydrogen-bond donors (Lipinski definition) is 0. The number of carbonyl (C=O) groups is 1. The summed E-state index contributed by atoms with van der Waals surface area (Å²) in [5.74, 6) is -0.277. The maximum Gasteiger partial charge on any atom is 0.245 e. The molecule has 0 radical (unpaired) electrons. The minimum absolute atomic E-state index is 0.0437. The minimum Gasteiger partial charge on any atom is -0.378 e. The fourth-order valence-electron chi connectivity index (χ4n) is 2.89. The van der Waals surface area contributed by atoms with Crippen LogP contribution in [0.3, 0.4) is 0 Å². The highest BCUT2D eigenvalue weighted by Crippen LogP contribution is 2.28. The normalized spacial score (nSPS) is 15.0. The van der Waals surface area contributed by atoms with Crippen LogP contribution in [0.4, 0.5) is 0 Å². The average molecular weight is 443 g/mol. The molecule has 0 N–H and O–H groups in total. The number of carbonyl (C=O) groups excluding carboxylic acids is 1. The Labute approximate surface area is 174 Å². The van der Waals surface area contributed by atoms with E-state index in [2.05, 4.69) is 0 Å². The number of morpholine rings is 1. The predicted molar refractivity (Wildman–Crippen MR) is 108 cm³/mol. The van der Waals surface area contributed by atoms with Crippen molar-refractivity contribution in [3.63, 3.8) is 0 Å². The standard InChI is InChI=1S/C19H20Cl2N2O4S/c20-16-6-7-17(21)18(12-16)28(25,26)23(13-15-4-2-1-3-5-15)14-19(24)22-8-10-27-11-9-22/h1-7,12H,8-11,13-14H2. The quantitative estimate of drug-likeness (QED) is 0.689. The zero-order chi connectivity index (χ0) is 20.1. The third-order valence-corrected chi connectivity index (χ3v) is 6.90. The minimum atomic E-state index is -4.05. The third kappa shape index (κ3) is 5.04. The van der Waals surface area contributed by atoms with Crippen molar-refractivity contribution in [2.75, 3.05) is 32.8 Å². The summed E-state index contributed by atoms with van der Waals surface area (Å²) >= 11 is 12.1. The summed E-state index contributed by atoms with van der Waals surface area (Å²) in [4.78, 5) is 14.2. The van der Waals surface area contributed by atoms with Crippen LogP contribution in [0.5, 0.6) is 0 Å². The molecule has 2 aromatic carbocycles. The first-order valence-electron chi connectivity index (χ1n) is 8.72. The fraction of sp³-hybridized carbons (Fsp3) is 0.316. The molecule has 6 nitrogen and oxygen atoms in total. The van der Waals surface area contributed by atoms with Crippen LogP contribution in [0.1, 0.15) is 5.56 Å². The highest BCUT2D eigenvalue weighted by Gasteiger charge is 2.31. The van der Waals surface area contributed by atoms with Crippen molar-refractivity contribution >= 4 is 39.1 Å². The second kappa shape index (κ2) is 9.24. The van der Waals surface area contributed by atoms with E-state index in [1.807, 2.05) is 18.2 Å². The van der Waals surface area contributed by atoms with Crippen LogP contribution in [0.15, 0.2) is 53.4 Å². The van der Waals surface area contributed by atoms with Gasteiger partial charge in [0, 0.05) is 24.7 Å². The molecule has 28 heavy (non-hydrogen) atoms. The van der Waals surface area contributed by atoms with Crippen LogP contribution in [0, 0.1) is 0 Å². The van der Waals surface area contributed by atoms with Gasteiger partial charge in [0.05, 0.1) is 24.8 Å². The summed E-state index contributed by atoms with van der Waals surface area (Å²) in [6.07, 6.45) is 0. The van der Waals surface area contributed by atoms with Crippen LogP contribution < -0.4 is 0 Å². The Bertz CT molecular complexity index is 932. The average Bonchev–Trinajstić information content (AvgIpc) is 2.70. The Balaban J connectivity index is 1.92. The maximum atomic E-state index is 13.3. The molecule has 9 heteroatoms. The molecule has 0 saturated carbocycles. The SMILES string of the molecule is O=C(CN(Cc1ccccc1)S(=O)(=O)c1cc(Cl)ccc1Cl)N1CCOCC1. The number of halogens is 2. The second-order valence-corrected chi connectivity index (χ2v) is 9.08. The number of rotatable bonds is 6. The van der Waals surface area contributed by atoms with Gasteiger partial charge in [-0.05, 0) is 23.8 Å². The lowest BCUT2D eigenvalue weighted by Crippen LogP contribution is -2.46. The Hall–Kier alpha value is -1.64. The van der Waals surface area contributed by atoms with Crippen molar-refractivity contribution in [1.29, 1.82) is 0 Å². The molecule has 1 aliphatic heterocycles. The number of ether oxygens (including phenoxy) is 1. The molecule has 3 rings (SSSR count). The van der Waals surface area contributed by atoms with Gasteiger partial charge in [-0.15, -0.1) is 0 Å². The topological polar surface area (TPSA) is 66.9 Å². The van der Waals surface area contributed by atoms with Crippen molar-refractivity contribution < 1.29 is 17.9 Å². The van der Waals surface area contributed by atoms with E-state index in [0.29, 0.717) is 26.3 Å². The first kappa shape index (κ1) is 21.1. The summed E-state index contributed by atoms with van der Waals surface area (Å²) in [6, 6.07) is 13.3. The second-order valence-electron chi connectivity index (χ2n) is 6.33. The predicted octanol–water partition coefficient (Wildman–Crippen LogP) is 3.04. The highest BCUT2D eigenvalue weighted by molar-refractivity contribution is 7.89. The summed E-state index contributed by atoms with van der Waals surface area (Å²) in [5.41, 5.74) is 0.763. The summed E-state index contributed by atoms with van der Waals surface area (Å²) < 4.78 is 33.0. The van der Waals surface area contributed by atoms with Crippen LogP contribution >= 0.6 is 23.2 Å². The summed E-state index contributed by atoms with van der Waals surface area (Å²) in [5, 5.41) is 0.309. The first-order valence-corrected chi connectivity index (χ1v) is 10.9. The number of sulfonamides is 1. The van der Waals surface area contributed by atoms with E-state index in [-0.39, 0.29) is 33.9 Å². The van der Waals surface area contributed by atoms with Crippen LogP contribution in [-0.4, -0.2) is 56.4 Å². The van der Waals surface area contributed by atoms with Gasteiger partial charge in [0.1, 0.15) is 4.90 Å². The molecule has 0 aromatic heterocycles. The highest BCUT2D eigenvalue weighted by atomic mass is 35.5. The molecule has 1 saturated heterocycles. The van der Waals surface area contributed by atoms with E-state index in [4.69, 9.17) is 27.9 Å². The zero-order valence-electron chi connectivity index (χ0n) is 15.1. The smallest absolute Gasteiger partial charge is 0.245 e. The molecule has 0 bridgehead atoms. The Morgan fingerprint density at radius 2 is 1.75 bits per heavy atom. The van der Waals surface area contributed by atoms with Crippen LogP contribution in [0.2, 0.25) is 10.0 Å². The van der Waals surface area contributed by atoms with E-state index in [1.165, 1.54) is 18.2 Å². The van der Waals surface area contributed by atoms with Gasteiger partial charge in [-0.3, -0.25) is 4.79 Å². The van der Waals surface area contributed by atoms with E-state index in [0.717, 1.165) is 9.87 Å². The number of nitrogens with zero attached hydrogens (tertiary/aromatic N) is 2. The van der Waals surface area contributed by atoms with E-state index in [9.17, 15) is 13.2 Å². The first-order chi connectivity index (χ1) is 13.4. The summed E-state index contributed by atoms with van der Waals surface area (Å²) in [6.45, 7) is 1.52. The van der Waals surface area contributed by atoms with Gasteiger partial charge in [-0.2, -0.15) is 4.31 Å². The lowest BCUT2D eigenvalue weighted by atomic mass is 10.2. The van der Waals surface area contributed by atoms with E-state index >= 15 is 0 Å². The van der Waals surface area contributed by atoms with Gasteiger partial charge in [-0.25, -0.2) is 8.42 Å². The van der Waals surface area contributed by atoms with Gasteiger partial charge in [-0.1, -0.05) is 53.5 Å². The Morgan fingerprint density at radius 3 is 2.43 bits per heavy atom. The third-order valence-electron chi connectivity index (χ3n) is 4.39. The van der Waals surface area contributed by atoms with Gasteiger partial charge >= 0.3 is 0 Å². The van der Waals surface area contributed by atoms with Crippen molar-refractivity contribution in [1.82, 2.24) is 9.21 Å². The number of hydrogen-bond acceptors (Lipinski definition) is 4. The van der Waals surface area contributed by atoms with Gasteiger partial charge in [0.2, 0.25) is 15.9 Å². The molecule has 0 atom stereocenters. The lowest BCUT2D eigenvalue weighted by molar-refractivity contribution is -0.135. The molecule has 1 amide bonds. The number of amides is 1. The molecule has 150 valence electrons.